The Hall–Kier alpha value is -2.59. The van der Waals surface area contributed by atoms with E-state index in [2.05, 4.69) is 15.0 Å². The van der Waals surface area contributed by atoms with E-state index in [4.69, 9.17) is 0 Å². The smallest absolute Gasteiger partial charge is 0.251 e. The van der Waals surface area contributed by atoms with Gasteiger partial charge in [0, 0.05) is 37.8 Å². The standard InChI is InChI=1S/C21H27N5O4S/c1-2-31(29,30)25-12-8-15(9-13-25)21(28)26-11-5-7-18(26)20-23-17(14-19(27)24-20)16-6-3-4-10-22-16/h3-4,6,10,14-15,18H,2,5,7-9,11-13H2,1H3,(H,23,24,27). The number of sulfonamides is 1. The van der Waals surface area contributed by atoms with Crippen molar-refractivity contribution < 1.29 is 13.2 Å². The van der Waals surface area contributed by atoms with E-state index < -0.39 is 10.0 Å². The summed E-state index contributed by atoms with van der Waals surface area (Å²) in [5.41, 5.74) is 0.815. The normalized spacial score (nSPS) is 20.8. The lowest BCUT2D eigenvalue weighted by molar-refractivity contribution is -0.137. The van der Waals surface area contributed by atoms with E-state index in [9.17, 15) is 18.0 Å². The van der Waals surface area contributed by atoms with E-state index in [1.54, 1.807) is 30.2 Å². The second kappa shape index (κ2) is 8.88. The van der Waals surface area contributed by atoms with Gasteiger partial charge in [0.1, 0.15) is 5.82 Å². The van der Waals surface area contributed by atoms with E-state index >= 15 is 0 Å². The third-order valence-corrected chi connectivity index (χ3v) is 7.98. The lowest BCUT2D eigenvalue weighted by Crippen LogP contribution is -2.44. The molecular weight excluding hydrogens is 418 g/mol. The zero-order valence-corrected chi connectivity index (χ0v) is 18.3. The number of aromatic amines is 1. The Labute approximate surface area is 181 Å². The summed E-state index contributed by atoms with van der Waals surface area (Å²) in [5.74, 6) is 0.354. The Bertz CT molecular complexity index is 1090. The average Bonchev–Trinajstić information content (AvgIpc) is 3.29. The number of amides is 1. The fourth-order valence-corrected chi connectivity index (χ4v) is 5.52. The summed E-state index contributed by atoms with van der Waals surface area (Å²) in [7, 11) is -3.23. The molecule has 0 saturated carbocycles. The molecule has 2 saturated heterocycles. The Morgan fingerprint density at radius 1 is 1.16 bits per heavy atom. The molecule has 1 N–H and O–H groups in total. The summed E-state index contributed by atoms with van der Waals surface area (Å²) in [6, 6.07) is 6.55. The van der Waals surface area contributed by atoms with Crippen LogP contribution in [-0.4, -0.2) is 63.9 Å². The predicted octanol–water partition coefficient (Wildman–Crippen LogP) is 1.56. The third-order valence-electron chi connectivity index (χ3n) is 6.10. The maximum Gasteiger partial charge on any atom is 0.251 e. The van der Waals surface area contributed by atoms with Gasteiger partial charge in [-0.3, -0.25) is 14.6 Å². The summed E-state index contributed by atoms with van der Waals surface area (Å²) >= 11 is 0. The van der Waals surface area contributed by atoms with Crippen LogP contribution in [-0.2, 0) is 14.8 Å². The molecule has 2 aliphatic rings. The van der Waals surface area contributed by atoms with E-state index in [0.29, 0.717) is 49.7 Å². The van der Waals surface area contributed by atoms with Gasteiger partial charge >= 0.3 is 0 Å². The van der Waals surface area contributed by atoms with Crippen molar-refractivity contribution in [2.45, 2.75) is 38.6 Å². The molecule has 166 valence electrons. The highest BCUT2D eigenvalue weighted by atomic mass is 32.2. The lowest BCUT2D eigenvalue weighted by Gasteiger charge is -2.34. The fourth-order valence-electron chi connectivity index (χ4n) is 4.39. The van der Waals surface area contributed by atoms with Crippen LogP contribution >= 0.6 is 0 Å². The van der Waals surface area contributed by atoms with Gasteiger partial charge in [-0.15, -0.1) is 0 Å². The van der Waals surface area contributed by atoms with Crippen LogP contribution in [0.25, 0.3) is 11.4 Å². The van der Waals surface area contributed by atoms with Crippen LogP contribution in [0, 0.1) is 5.92 Å². The maximum atomic E-state index is 13.3. The molecule has 1 atom stereocenters. The second-order valence-corrected chi connectivity index (χ2v) is 10.3. The summed E-state index contributed by atoms with van der Waals surface area (Å²) in [4.78, 5) is 39.1. The zero-order chi connectivity index (χ0) is 22.0. The van der Waals surface area contributed by atoms with Crippen LogP contribution in [0.5, 0.6) is 0 Å². The van der Waals surface area contributed by atoms with Crippen molar-refractivity contribution in [2.24, 2.45) is 5.92 Å². The monoisotopic (exact) mass is 445 g/mol. The number of carbonyl (C=O) groups is 1. The number of aromatic nitrogens is 3. The van der Waals surface area contributed by atoms with Crippen LogP contribution in [0.3, 0.4) is 0 Å². The highest BCUT2D eigenvalue weighted by Gasteiger charge is 2.38. The Balaban J connectivity index is 1.52. The SMILES string of the molecule is CCS(=O)(=O)N1CCC(C(=O)N2CCCC2c2nc(-c3ccccn3)cc(=O)[nH]2)CC1. The van der Waals surface area contributed by atoms with Crippen molar-refractivity contribution in [1.29, 1.82) is 0 Å². The summed E-state index contributed by atoms with van der Waals surface area (Å²) in [6.07, 6.45) is 4.23. The topological polar surface area (TPSA) is 116 Å². The predicted molar refractivity (Wildman–Crippen MR) is 116 cm³/mol. The van der Waals surface area contributed by atoms with Crippen LogP contribution < -0.4 is 5.56 Å². The molecular formula is C21H27N5O4S. The van der Waals surface area contributed by atoms with Crippen LogP contribution in [0.4, 0.5) is 0 Å². The molecule has 0 aliphatic carbocycles. The number of nitrogens with one attached hydrogen (secondary N) is 1. The first kappa shape index (κ1) is 21.6. The Morgan fingerprint density at radius 3 is 2.61 bits per heavy atom. The van der Waals surface area contributed by atoms with Crippen LogP contribution in [0.15, 0.2) is 35.3 Å². The van der Waals surface area contributed by atoms with Gasteiger partial charge in [-0.25, -0.2) is 17.7 Å². The molecule has 0 spiro atoms. The number of rotatable bonds is 5. The quantitative estimate of drug-likeness (QED) is 0.747. The maximum absolute atomic E-state index is 13.3. The molecule has 2 fully saturated rings. The van der Waals surface area contributed by atoms with Crippen molar-refractivity contribution >= 4 is 15.9 Å². The van der Waals surface area contributed by atoms with Gasteiger partial charge in [0.15, 0.2) is 0 Å². The largest absolute Gasteiger partial charge is 0.332 e. The van der Waals surface area contributed by atoms with E-state index in [1.807, 2.05) is 6.07 Å². The van der Waals surface area contributed by atoms with Gasteiger partial charge in [0.05, 0.1) is 23.2 Å². The molecule has 4 heterocycles. The zero-order valence-electron chi connectivity index (χ0n) is 17.5. The average molecular weight is 446 g/mol. The third kappa shape index (κ3) is 4.54. The van der Waals surface area contributed by atoms with Crippen molar-refractivity contribution in [3.05, 3.63) is 46.6 Å². The minimum absolute atomic E-state index is 0.0157. The van der Waals surface area contributed by atoms with Gasteiger partial charge < -0.3 is 9.88 Å². The molecule has 2 aromatic heterocycles. The van der Waals surface area contributed by atoms with Crippen molar-refractivity contribution in [2.75, 3.05) is 25.4 Å². The first-order valence-corrected chi connectivity index (χ1v) is 12.3. The van der Waals surface area contributed by atoms with E-state index in [0.717, 1.165) is 12.8 Å². The van der Waals surface area contributed by atoms with Crippen molar-refractivity contribution in [3.8, 4) is 11.4 Å². The number of likely N-dealkylation sites (tertiary alicyclic amines) is 1. The van der Waals surface area contributed by atoms with Gasteiger partial charge in [-0.1, -0.05) is 6.07 Å². The summed E-state index contributed by atoms with van der Waals surface area (Å²) in [5, 5.41) is 0. The van der Waals surface area contributed by atoms with Gasteiger partial charge in [-0.05, 0) is 44.7 Å². The van der Waals surface area contributed by atoms with E-state index in [-0.39, 0.29) is 29.2 Å². The number of pyridine rings is 1. The van der Waals surface area contributed by atoms with Crippen LogP contribution in [0.1, 0.15) is 44.5 Å². The van der Waals surface area contributed by atoms with E-state index in [1.165, 1.54) is 10.4 Å². The van der Waals surface area contributed by atoms with Gasteiger partial charge in [0.25, 0.3) is 5.56 Å². The summed E-state index contributed by atoms with van der Waals surface area (Å²) in [6.45, 7) is 2.98. The van der Waals surface area contributed by atoms with Gasteiger partial charge in [0.2, 0.25) is 15.9 Å². The summed E-state index contributed by atoms with van der Waals surface area (Å²) < 4.78 is 25.7. The fraction of sp³-hybridized carbons (Fsp3) is 0.524. The van der Waals surface area contributed by atoms with Gasteiger partial charge in [-0.2, -0.15) is 0 Å². The number of piperidine rings is 1. The molecule has 9 nitrogen and oxygen atoms in total. The molecule has 2 aliphatic heterocycles. The Morgan fingerprint density at radius 2 is 1.94 bits per heavy atom. The highest BCUT2D eigenvalue weighted by molar-refractivity contribution is 7.89. The number of H-pyrrole nitrogens is 1. The first-order chi connectivity index (χ1) is 14.9. The minimum atomic E-state index is -3.23. The van der Waals surface area contributed by atoms with Crippen LogP contribution in [0.2, 0.25) is 0 Å². The second-order valence-electron chi connectivity index (χ2n) is 7.99. The molecule has 0 radical (unpaired) electrons. The molecule has 0 aromatic carbocycles. The minimum Gasteiger partial charge on any atom is -0.332 e. The number of nitrogens with zero attached hydrogens (tertiary/aromatic N) is 4. The molecule has 31 heavy (non-hydrogen) atoms. The molecule has 4 rings (SSSR count). The molecule has 1 unspecified atom stereocenters. The lowest BCUT2D eigenvalue weighted by atomic mass is 9.96. The molecule has 1 amide bonds. The number of hydrogen-bond donors (Lipinski definition) is 1. The molecule has 2 aromatic rings. The van der Waals surface area contributed by atoms with Crippen molar-refractivity contribution in [3.63, 3.8) is 0 Å². The highest BCUT2D eigenvalue weighted by Crippen LogP contribution is 2.33. The first-order valence-electron chi connectivity index (χ1n) is 10.7. The molecule has 0 bridgehead atoms. The Kier molecular flexibility index (Phi) is 6.19. The van der Waals surface area contributed by atoms with Crippen molar-refractivity contribution in [1.82, 2.24) is 24.2 Å². The number of hydrogen-bond acceptors (Lipinski definition) is 6. The number of carbonyl (C=O) groups excluding carboxylic acids is 1. The molecule has 10 heteroatoms.